The van der Waals surface area contributed by atoms with Crippen LogP contribution in [0.1, 0.15) is 19.4 Å². The molecule has 17 heavy (non-hydrogen) atoms. The highest BCUT2D eigenvalue weighted by molar-refractivity contribution is 8.17. The predicted molar refractivity (Wildman–Crippen MR) is 74.0 cm³/mol. The molecule has 0 saturated carbocycles. The van der Waals surface area contributed by atoms with Crippen LogP contribution in [0.5, 0.6) is 0 Å². The Labute approximate surface area is 106 Å². The van der Waals surface area contributed by atoms with Crippen LogP contribution in [0.4, 0.5) is 0 Å². The monoisotopic (exact) mass is 244 g/mol. The largest absolute Gasteiger partial charge is 0.322 e. The molecule has 1 atom stereocenters. The van der Waals surface area contributed by atoms with E-state index in [1.807, 2.05) is 11.8 Å². The lowest BCUT2D eigenvalue weighted by Crippen LogP contribution is -2.23. The number of rotatable bonds is 2. The minimum Gasteiger partial charge on any atom is -0.322 e. The van der Waals surface area contributed by atoms with Gasteiger partial charge < -0.3 is 4.90 Å². The van der Waals surface area contributed by atoms with Crippen LogP contribution < -0.4 is 0 Å². The van der Waals surface area contributed by atoms with Gasteiger partial charge in [-0.3, -0.25) is 4.99 Å². The van der Waals surface area contributed by atoms with Gasteiger partial charge in [0, 0.05) is 17.1 Å². The summed E-state index contributed by atoms with van der Waals surface area (Å²) in [6, 6.07) is 11.1. The van der Waals surface area contributed by atoms with Crippen LogP contribution in [0, 0.1) is 0 Å². The van der Waals surface area contributed by atoms with E-state index in [1.54, 1.807) is 0 Å². The van der Waals surface area contributed by atoms with Crippen molar-refractivity contribution in [1.82, 2.24) is 4.90 Å². The molecule has 0 aliphatic carbocycles. The van der Waals surface area contributed by atoms with Crippen molar-refractivity contribution in [2.45, 2.75) is 26.3 Å². The SMILES string of the molecule is CC1=C(C)N2C[C@H](Cc3ccccc3)N=C2S1. The third kappa shape index (κ3) is 2.00. The number of benzene rings is 1. The van der Waals surface area contributed by atoms with Crippen LogP contribution in [-0.4, -0.2) is 22.7 Å². The first-order valence-corrected chi connectivity index (χ1v) is 6.80. The Bertz CT molecular complexity index is 490. The lowest BCUT2D eigenvalue weighted by atomic mass is 10.1. The number of fused-ring (bicyclic) bond motifs is 1. The number of amidine groups is 1. The fraction of sp³-hybridized carbons (Fsp3) is 0.357. The third-order valence-electron chi connectivity index (χ3n) is 3.39. The summed E-state index contributed by atoms with van der Waals surface area (Å²) in [7, 11) is 0. The van der Waals surface area contributed by atoms with Gasteiger partial charge in [0.15, 0.2) is 5.17 Å². The summed E-state index contributed by atoms with van der Waals surface area (Å²) in [5, 5.41) is 1.20. The zero-order valence-corrected chi connectivity index (χ0v) is 11.0. The van der Waals surface area contributed by atoms with E-state index in [9.17, 15) is 0 Å². The highest BCUT2D eigenvalue weighted by Gasteiger charge is 2.32. The zero-order valence-electron chi connectivity index (χ0n) is 10.2. The fourth-order valence-electron chi connectivity index (χ4n) is 2.31. The molecule has 0 spiro atoms. The van der Waals surface area contributed by atoms with Gasteiger partial charge in [-0.2, -0.15) is 0 Å². The topological polar surface area (TPSA) is 15.6 Å². The summed E-state index contributed by atoms with van der Waals surface area (Å²) in [6.45, 7) is 5.41. The van der Waals surface area contributed by atoms with Gasteiger partial charge in [0.05, 0.1) is 6.04 Å². The lowest BCUT2D eigenvalue weighted by molar-refractivity contribution is 0.508. The maximum absolute atomic E-state index is 4.81. The quantitative estimate of drug-likeness (QED) is 0.793. The van der Waals surface area contributed by atoms with Crippen molar-refractivity contribution >= 4 is 16.9 Å². The number of hydrogen-bond donors (Lipinski definition) is 0. The molecule has 3 rings (SSSR count). The molecule has 0 fully saturated rings. The molecule has 0 unspecified atom stereocenters. The van der Waals surface area contributed by atoms with Crippen molar-refractivity contribution in [3.8, 4) is 0 Å². The van der Waals surface area contributed by atoms with Crippen LogP contribution in [-0.2, 0) is 6.42 Å². The summed E-state index contributed by atoms with van der Waals surface area (Å²) >= 11 is 1.81. The number of nitrogens with zero attached hydrogens (tertiary/aromatic N) is 2. The van der Waals surface area contributed by atoms with E-state index >= 15 is 0 Å². The Morgan fingerprint density at radius 3 is 2.76 bits per heavy atom. The zero-order chi connectivity index (χ0) is 11.8. The van der Waals surface area contributed by atoms with Gasteiger partial charge in [-0.15, -0.1) is 0 Å². The van der Waals surface area contributed by atoms with Crippen molar-refractivity contribution in [3.05, 3.63) is 46.5 Å². The van der Waals surface area contributed by atoms with Crippen LogP contribution in [0.15, 0.2) is 45.9 Å². The van der Waals surface area contributed by atoms with Crippen LogP contribution in [0.3, 0.4) is 0 Å². The molecule has 2 nitrogen and oxygen atoms in total. The van der Waals surface area contributed by atoms with E-state index < -0.39 is 0 Å². The molecule has 1 aromatic carbocycles. The summed E-state index contributed by atoms with van der Waals surface area (Å²) in [6.07, 6.45) is 1.05. The standard InChI is InChI=1S/C14H16N2S/c1-10-11(2)17-14-15-13(9-16(10)14)8-12-6-4-3-5-7-12/h3-7,13H,8-9H2,1-2H3/t13-/m0/s1. The van der Waals surface area contributed by atoms with Gasteiger partial charge >= 0.3 is 0 Å². The van der Waals surface area contributed by atoms with Gasteiger partial charge in [-0.05, 0) is 25.8 Å². The number of hydrogen-bond acceptors (Lipinski definition) is 3. The maximum Gasteiger partial charge on any atom is 0.168 e. The second-order valence-electron chi connectivity index (χ2n) is 4.61. The minimum absolute atomic E-state index is 0.419. The summed E-state index contributed by atoms with van der Waals surface area (Å²) < 4.78 is 0. The molecule has 88 valence electrons. The number of thioether (sulfide) groups is 1. The fourth-order valence-corrected chi connectivity index (χ4v) is 3.37. The molecule has 0 aromatic heterocycles. The van der Waals surface area contributed by atoms with E-state index in [0.29, 0.717) is 6.04 Å². The van der Waals surface area contributed by atoms with Crippen molar-refractivity contribution in [1.29, 1.82) is 0 Å². The average Bonchev–Trinajstić information content (AvgIpc) is 2.82. The molecule has 0 bridgehead atoms. The van der Waals surface area contributed by atoms with Crippen molar-refractivity contribution in [2.75, 3.05) is 6.54 Å². The van der Waals surface area contributed by atoms with Crippen LogP contribution in [0.2, 0.25) is 0 Å². The van der Waals surface area contributed by atoms with Gasteiger partial charge in [0.25, 0.3) is 0 Å². The van der Waals surface area contributed by atoms with Crippen molar-refractivity contribution in [2.24, 2.45) is 4.99 Å². The molecule has 2 aliphatic rings. The Morgan fingerprint density at radius 1 is 1.29 bits per heavy atom. The maximum atomic E-state index is 4.81. The Kier molecular flexibility index (Phi) is 2.71. The van der Waals surface area contributed by atoms with Crippen LogP contribution >= 0.6 is 11.8 Å². The van der Waals surface area contributed by atoms with E-state index in [2.05, 4.69) is 49.1 Å². The van der Waals surface area contributed by atoms with E-state index in [-0.39, 0.29) is 0 Å². The first kappa shape index (κ1) is 10.9. The normalized spacial score (nSPS) is 23.1. The Morgan fingerprint density at radius 2 is 2.06 bits per heavy atom. The summed E-state index contributed by atoms with van der Waals surface area (Å²) in [5.41, 5.74) is 2.76. The van der Waals surface area contributed by atoms with Gasteiger partial charge in [-0.1, -0.05) is 42.1 Å². The lowest BCUT2D eigenvalue weighted by Gasteiger charge is -2.15. The summed E-state index contributed by atoms with van der Waals surface area (Å²) in [5.74, 6) is 0. The second-order valence-corrected chi connectivity index (χ2v) is 5.79. The van der Waals surface area contributed by atoms with Crippen LogP contribution in [0.25, 0.3) is 0 Å². The van der Waals surface area contributed by atoms with E-state index in [4.69, 9.17) is 4.99 Å². The molecule has 0 N–H and O–H groups in total. The van der Waals surface area contributed by atoms with Crippen molar-refractivity contribution in [3.63, 3.8) is 0 Å². The minimum atomic E-state index is 0.419. The Hall–Kier alpha value is -1.22. The molecular weight excluding hydrogens is 228 g/mol. The predicted octanol–water partition coefficient (Wildman–Crippen LogP) is 3.27. The smallest absolute Gasteiger partial charge is 0.168 e. The molecule has 0 saturated heterocycles. The molecule has 3 heteroatoms. The summed E-state index contributed by atoms with van der Waals surface area (Å²) in [4.78, 5) is 8.56. The molecule has 1 aromatic rings. The number of allylic oxidation sites excluding steroid dienone is 2. The Balaban J connectivity index is 1.71. The molecule has 2 aliphatic heterocycles. The average molecular weight is 244 g/mol. The molecule has 0 amide bonds. The number of aliphatic imine (C=N–C) groups is 1. The van der Waals surface area contributed by atoms with Crippen molar-refractivity contribution < 1.29 is 0 Å². The second kappa shape index (κ2) is 4.22. The first-order chi connectivity index (χ1) is 8.24. The van der Waals surface area contributed by atoms with Gasteiger partial charge in [-0.25, -0.2) is 0 Å². The van der Waals surface area contributed by atoms with Gasteiger partial charge in [0.2, 0.25) is 0 Å². The van der Waals surface area contributed by atoms with E-state index in [0.717, 1.165) is 13.0 Å². The van der Waals surface area contributed by atoms with Gasteiger partial charge in [0.1, 0.15) is 0 Å². The molecule has 0 radical (unpaired) electrons. The highest BCUT2D eigenvalue weighted by atomic mass is 32.2. The molecular formula is C14H16N2S. The first-order valence-electron chi connectivity index (χ1n) is 5.98. The van der Waals surface area contributed by atoms with E-state index in [1.165, 1.54) is 21.3 Å². The molecule has 2 heterocycles. The highest BCUT2D eigenvalue weighted by Crippen LogP contribution is 2.37. The third-order valence-corrected chi connectivity index (χ3v) is 4.50.